The van der Waals surface area contributed by atoms with Crippen LogP contribution >= 0.6 is 27.5 Å². The number of rotatable bonds is 4. The second kappa shape index (κ2) is 6.90. The van der Waals surface area contributed by atoms with Gasteiger partial charge in [-0.3, -0.25) is 4.40 Å². The van der Waals surface area contributed by atoms with E-state index < -0.39 is 0 Å². The molecule has 0 radical (unpaired) electrons. The second-order valence-corrected chi connectivity index (χ2v) is 7.33. The minimum atomic E-state index is 0.605. The van der Waals surface area contributed by atoms with E-state index in [0.29, 0.717) is 22.3 Å². The Kier molecular flexibility index (Phi) is 4.57. The summed E-state index contributed by atoms with van der Waals surface area (Å²) in [4.78, 5) is 9.06. The van der Waals surface area contributed by atoms with E-state index in [9.17, 15) is 0 Å². The van der Waals surface area contributed by atoms with Gasteiger partial charge in [0.05, 0.1) is 48.5 Å². The normalized spacial score (nSPS) is 11.1. The predicted molar refractivity (Wildman–Crippen MR) is 111 cm³/mol. The molecule has 4 rings (SSSR count). The predicted octanol–water partition coefficient (Wildman–Crippen LogP) is 5.37. The van der Waals surface area contributed by atoms with Crippen molar-refractivity contribution in [1.82, 2.24) is 14.4 Å². The van der Waals surface area contributed by atoms with Gasteiger partial charge in [-0.1, -0.05) is 27.5 Å². The molecular formula is C19H16BrClN4O2. The van der Waals surface area contributed by atoms with Crippen LogP contribution in [0.25, 0.3) is 16.6 Å². The number of fused-ring (bicyclic) bond motifs is 3. The number of ether oxygens (including phenoxy) is 2. The third-order valence-electron chi connectivity index (χ3n) is 4.35. The topological polar surface area (TPSA) is 60.7 Å². The maximum absolute atomic E-state index is 6.44. The summed E-state index contributed by atoms with van der Waals surface area (Å²) in [7, 11) is 3.21. The van der Waals surface area contributed by atoms with Crippen molar-refractivity contribution in [2.75, 3.05) is 19.5 Å². The van der Waals surface area contributed by atoms with Crippen molar-refractivity contribution >= 4 is 55.6 Å². The molecule has 4 aromatic rings. The zero-order valence-corrected chi connectivity index (χ0v) is 17.2. The third-order valence-corrected chi connectivity index (χ3v) is 5.11. The summed E-state index contributed by atoms with van der Waals surface area (Å²) >= 11 is 9.90. The fourth-order valence-corrected chi connectivity index (χ4v) is 4.07. The summed E-state index contributed by atoms with van der Waals surface area (Å²) < 4.78 is 13.7. The number of hydrogen-bond acceptors (Lipinski definition) is 5. The van der Waals surface area contributed by atoms with Crippen molar-refractivity contribution < 1.29 is 9.47 Å². The lowest BCUT2D eigenvalue weighted by molar-refractivity contribution is 0.355. The molecule has 0 aliphatic heterocycles. The second-order valence-electron chi connectivity index (χ2n) is 6.01. The first-order chi connectivity index (χ1) is 13.0. The molecule has 0 fully saturated rings. The summed E-state index contributed by atoms with van der Waals surface area (Å²) in [6.07, 6.45) is 3.50. The van der Waals surface area contributed by atoms with E-state index in [0.717, 1.165) is 32.3 Å². The fraction of sp³-hybridized carbons (Fsp3) is 0.158. The number of nitrogens with zero attached hydrogens (tertiary/aromatic N) is 3. The van der Waals surface area contributed by atoms with Crippen LogP contribution in [0.5, 0.6) is 11.5 Å². The lowest BCUT2D eigenvalue weighted by Gasteiger charge is -2.15. The number of aromatic nitrogens is 3. The molecule has 138 valence electrons. The Labute approximate surface area is 169 Å². The van der Waals surface area contributed by atoms with Crippen molar-refractivity contribution in [3.05, 3.63) is 51.8 Å². The summed E-state index contributed by atoms with van der Waals surface area (Å²) in [5.41, 5.74) is 4.24. The molecule has 8 heteroatoms. The van der Waals surface area contributed by atoms with Gasteiger partial charge in [-0.25, -0.2) is 9.97 Å². The van der Waals surface area contributed by atoms with Gasteiger partial charge in [0.15, 0.2) is 17.3 Å². The van der Waals surface area contributed by atoms with E-state index in [1.807, 2.05) is 35.6 Å². The Balaban J connectivity index is 1.94. The van der Waals surface area contributed by atoms with Crippen LogP contribution in [0, 0.1) is 6.92 Å². The lowest BCUT2D eigenvalue weighted by atomic mass is 10.2. The first-order valence-electron chi connectivity index (χ1n) is 8.12. The molecule has 0 unspecified atom stereocenters. The van der Waals surface area contributed by atoms with Gasteiger partial charge in [0.2, 0.25) is 0 Å². The monoisotopic (exact) mass is 446 g/mol. The van der Waals surface area contributed by atoms with Crippen LogP contribution in [0.1, 0.15) is 5.56 Å². The van der Waals surface area contributed by atoms with Gasteiger partial charge >= 0.3 is 0 Å². The maximum atomic E-state index is 6.44. The van der Waals surface area contributed by atoms with Gasteiger partial charge < -0.3 is 14.8 Å². The van der Waals surface area contributed by atoms with E-state index >= 15 is 0 Å². The first-order valence-corrected chi connectivity index (χ1v) is 9.29. The number of halogens is 2. The zero-order valence-electron chi connectivity index (χ0n) is 14.9. The fourth-order valence-electron chi connectivity index (χ4n) is 3.05. The van der Waals surface area contributed by atoms with Gasteiger partial charge in [0.25, 0.3) is 0 Å². The van der Waals surface area contributed by atoms with Crippen LogP contribution in [0.15, 0.2) is 41.3 Å². The number of anilines is 2. The van der Waals surface area contributed by atoms with Crippen LogP contribution < -0.4 is 14.8 Å². The van der Waals surface area contributed by atoms with Gasteiger partial charge in [0, 0.05) is 16.6 Å². The number of hydrogen-bond donors (Lipinski definition) is 1. The van der Waals surface area contributed by atoms with Crippen LogP contribution in [0.3, 0.4) is 0 Å². The largest absolute Gasteiger partial charge is 0.493 e. The number of nitrogens with one attached hydrogen (secondary N) is 1. The lowest BCUT2D eigenvalue weighted by Crippen LogP contribution is -2.02. The van der Waals surface area contributed by atoms with E-state index in [4.69, 9.17) is 26.1 Å². The Bertz CT molecular complexity index is 1150. The van der Waals surface area contributed by atoms with E-state index in [-0.39, 0.29) is 0 Å². The molecule has 0 aliphatic rings. The van der Waals surface area contributed by atoms with E-state index in [2.05, 4.69) is 26.2 Å². The Morgan fingerprint density at radius 2 is 1.81 bits per heavy atom. The average molecular weight is 448 g/mol. The summed E-state index contributed by atoms with van der Waals surface area (Å²) in [6, 6.07) is 7.57. The molecule has 0 saturated carbocycles. The highest BCUT2D eigenvalue weighted by Crippen LogP contribution is 2.36. The van der Waals surface area contributed by atoms with Crippen LogP contribution in [-0.4, -0.2) is 28.6 Å². The van der Waals surface area contributed by atoms with Crippen molar-refractivity contribution in [1.29, 1.82) is 0 Å². The van der Waals surface area contributed by atoms with Crippen LogP contribution in [-0.2, 0) is 0 Å². The molecule has 6 nitrogen and oxygen atoms in total. The van der Waals surface area contributed by atoms with E-state index in [1.165, 1.54) is 0 Å². The van der Waals surface area contributed by atoms with E-state index in [1.54, 1.807) is 26.7 Å². The number of imidazole rings is 1. The van der Waals surface area contributed by atoms with Crippen molar-refractivity contribution in [2.24, 2.45) is 0 Å². The van der Waals surface area contributed by atoms with Crippen LogP contribution in [0.2, 0.25) is 5.02 Å². The molecule has 27 heavy (non-hydrogen) atoms. The zero-order chi connectivity index (χ0) is 19.1. The molecule has 2 aromatic heterocycles. The quantitative estimate of drug-likeness (QED) is 0.456. The molecule has 0 bridgehead atoms. The van der Waals surface area contributed by atoms with Crippen molar-refractivity contribution in [2.45, 2.75) is 6.92 Å². The number of aryl methyl sites for hydroxylation is 1. The van der Waals surface area contributed by atoms with Gasteiger partial charge in [0.1, 0.15) is 5.52 Å². The molecule has 0 atom stereocenters. The minimum Gasteiger partial charge on any atom is -0.493 e. The number of methoxy groups -OCH3 is 2. The molecule has 0 aliphatic carbocycles. The third kappa shape index (κ3) is 3.07. The minimum absolute atomic E-state index is 0.605. The highest BCUT2D eigenvalue weighted by molar-refractivity contribution is 9.10. The van der Waals surface area contributed by atoms with Crippen molar-refractivity contribution in [3.63, 3.8) is 0 Å². The van der Waals surface area contributed by atoms with Gasteiger partial charge in [-0.05, 0) is 24.6 Å². The summed E-state index contributed by atoms with van der Waals surface area (Å²) in [5.74, 6) is 1.90. The maximum Gasteiger partial charge on any atom is 0.163 e. The Morgan fingerprint density at radius 3 is 2.52 bits per heavy atom. The summed E-state index contributed by atoms with van der Waals surface area (Å²) in [6.45, 7) is 1.99. The Morgan fingerprint density at radius 1 is 1.07 bits per heavy atom. The average Bonchev–Trinajstić information content (AvgIpc) is 3.13. The SMILES string of the molecule is COc1cc2nc(Nc3c(C)cc(Br)cc3Cl)c3cncn3c2cc1OC. The molecule has 1 N–H and O–H groups in total. The standard InChI is InChI=1S/C19H16BrClN4O2/c1-10-4-11(20)5-12(21)18(10)24-19-15-8-22-9-25(15)14-7-17(27-3)16(26-2)6-13(14)23-19/h4-9H,1-3H3,(H,23,24). The molecule has 2 heterocycles. The van der Waals surface area contributed by atoms with Gasteiger partial charge in [-0.15, -0.1) is 0 Å². The molecule has 0 spiro atoms. The summed E-state index contributed by atoms with van der Waals surface area (Å²) in [5, 5.41) is 3.96. The highest BCUT2D eigenvalue weighted by Gasteiger charge is 2.15. The van der Waals surface area contributed by atoms with Crippen LogP contribution in [0.4, 0.5) is 11.5 Å². The molecule has 2 aromatic carbocycles. The molecule has 0 amide bonds. The molecular weight excluding hydrogens is 432 g/mol. The number of benzene rings is 2. The molecule has 0 saturated heterocycles. The highest BCUT2D eigenvalue weighted by atomic mass is 79.9. The van der Waals surface area contributed by atoms with Crippen molar-refractivity contribution in [3.8, 4) is 11.5 Å². The van der Waals surface area contributed by atoms with Gasteiger partial charge in [-0.2, -0.15) is 0 Å². The smallest absolute Gasteiger partial charge is 0.163 e. The first kappa shape index (κ1) is 17.9. The Hall–Kier alpha value is -2.51.